The Hall–Kier alpha value is -4.97. The third-order valence-corrected chi connectivity index (χ3v) is 7.88. The molecule has 0 amide bonds. The molecule has 0 aromatic heterocycles. The lowest BCUT2D eigenvalue weighted by molar-refractivity contribution is 0.333. The van der Waals surface area contributed by atoms with Gasteiger partial charge in [-0.15, -0.1) is 0 Å². The van der Waals surface area contributed by atoms with Gasteiger partial charge in [0.25, 0.3) is 0 Å². The molecule has 0 saturated heterocycles. The van der Waals surface area contributed by atoms with Crippen molar-refractivity contribution in [2.45, 2.75) is 4.90 Å². The first kappa shape index (κ1) is 24.4. The molecule has 4 aromatic carbocycles. The van der Waals surface area contributed by atoms with Gasteiger partial charge in [0.1, 0.15) is 16.4 Å². The molecule has 11 heteroatoms. The summed E-state index contributed by atoms with van der Waals surface area (Å²) in [6, 6.07) is 17.6. The highest BCUT2D eigenvalue weighted by atomic mass is 32.2. The number of phenolic OH excluding ortho intramolecular Hbond substituents is 2. The minimum Gasteiger partial charge on any atom is -0.507 e. The van der Waals surface area contributed by atoms with Crippen LogP contribution in [-0.4, -0.2) is 18.6 Å². The van der Waals surface area contributed by atoms with Crippen LogP contribution in [0.15, 0.2) is 92.3 Å². The molecule has 0 unspecified atom stereocenters. The summed E-state index contributed by atoms with van der Waals surface area (Å²) >= 11 is 0. The molecule has 0 radical (unpaired) electrons. The van der Waals surface area contributed by atoms with E-state index < -0.39 is 31.6 Å². The van der Waals surface area contributed by atoms with E-state index in [2.05, 4.69) is 9.28 Å². The number of nitrogens with one attached hydrogen (secondary N) is 1. The van der Waals surface area contributed by atoms with Crippen LogP contribution in [0.4, 0.5) is 5.69 Å². The van der Waals surface area contributed by atoms with Gasteiger partial charge in [-0.3, -0.25) is 9.59 Å². The van der Waals surface area contributed by atoms with Crippen LogP contribution in [0.2, 0.25) is 0 Å². The van der Waals surface area contributed by atoms with Gasteiger partial charge in [0, 0.05) is 21.5 Å². The number of phenols is 2. The zero-order valence-corrected chi connectivity index (χ0v) is 20.6. The van der Waals surface area contributed by atoms with Gasteiger partial charge in [0.2, 0.25) is 0 Å². The van der Waals surface area contributed by atoms with E-state index in [1.165, 1.54) is 42.5 Å². The Kier molecular flexibility index (Phi) is 5.33. The molecular formula is C28H17N3O7S. The van der Waals surface area contributed by atoms with Gasteiger partial charge in [-0.1, -0.05) is 48.5 Å². The molecule has 10 nitrogen and oxygen atoms in total. The Balaban J connectivity index is 1.87. The second kappa shape index (κ2) is 8.53. The van der Waals surface area contributed by atoms with E-state index in [9.17, 15) is 28.2 Å². The smallest absolute Gasteiger partial charge is 0.313 e. The molecule has 0 spiro atoms. The number of hydrogen-bond donors (Lipinski definition) is 4. The summed E-state index contributed by atoms with van der Waals surface area (Å²) in [6.07, 6.45) is 0. The van der Waals surface area contributed by atoms with Crippen molar-refractivity contribution >= 4 is 48.1 Å². The third-order valence-electron chi connectivity index (χ3n) is 6.75. The largest absolute Gasteiger partial charge is 0.507 e. The van der Waals surface area contributed by atoms with Crippen molar-refractivity contribution < 1.29 is 22.9 Å². The number of hydrogen-bond acceptors (Lipinski definition) is 10. The van der Waals surface area contributed by atoms with Crippen LogP contribution in [0.5, 0.6) is 11.5 Å². The summed E-state index contributed by atoms with van der Waals surface area (Å²) in [5.41, 5.74) is -1.02. The predicted octanol–water partition coefficient (Wildman–Crippen LogP) is 2.17. The third kappa shape index (κ3) is 3.45. The van der Waals surface area contributed by atoms with Gasteiger partial charge < -0.3 is 15.6 Å². The maximum absolute atomic E-state index is 13.5. The van der Waals surface area contributed by atoms with Gasteiger partial charge in [-0.05, 0) is 24.3 Å². The molecule has 2 aliphatic rings. The number of benzene rings is 4. The zero-order valence-electron chi connectivity index (χ0n) is 19.8. The second-order valence-corrected chi connectivity index (χ2v) is 10.4. The number of rotatable bonds is 3. The first-order valence-corrected chi connectivity index (χ1v) is 12.9. The van der Waals surface area contributed by atoms with E-state index in [1.807, 2.05) is 0 Å². The molecular weight excluding hydrogens is 522 g/mol. The molecule has 0 saturated carbocycles. The van der Waals surface area contributed by atoms with Crippen LogP contribution in [-0.2, 0) is 14.4 Å². The fraction of sp³-hybridized carbons (Fsp3) is 0. The lowest BCUT2D eigenvalue weighted by atomic mass is 9.99. The summed E-state index contributed by atoms with van der Waals surface area (Å²) in [5, 5.41) is 30.7. The molecule has 192 valence electrons. The first-order chi connectivity index (χ1) is 18.7. The minimum absolute atomic E-state index is 0.0152. The molecule has 0 fully saturated rings. The van der Waals surface area contributed by atoms with E-state index >= 15 is 0 Å². The highest BCUT2D eigenvalue weighted by Crippen LogP contribution is 2.47. The molecule has 0 atom stereocenters. The summed E-state index contributed by atoms with van der Waals surface area (Å²) in [7, 11) is -4.55. The number of nitrogens with two attached hydrogens (primary N) is 1. The topological polar surface area (TPSA) is 180 Å². The van der Waals surface area contributed by atoms with Gasteiger partial charge in [-0.2, -0.15) is 18.6 Å². The lowest BCUT2D eigenvalue weighted by Gasteiger charge is -2.14. The first-order valence-electron chi connectivity index (χ1n) is 11.5. The Morgan fingerprint density at radius 1 is 0.718 bits per heavy atom. The number of nitrogens with zero attached hydrogens (tertiary/aromatic N) is 1. The van der Waals surface area contributed by atoms with Crippen LogP contribution in [0.1, 0.15) is 0 Å². The van der Waals surface area contributed by atoms with Crippen LogP contribution in [0, 0.1) is 15.8 Å². The van der Waals surface area contributed by atoms with E-state index in [-0.39, 0.29) is 64.9 Å². The van der Waals surface area contributed by atoms with Crippen molar-refractivity contribution in [2.75, 3.05) is 0 Å². The summed E-state index contributed by atoms with van der Waals surface area (Å²) in [4.78, 5) is 30.8. The SMILES string of the molecule is N=c1ccc(=Nc2ccc(S(=O)(=O)ON)c3c(O)c4ccccc4c(O)c23)c2c(=O)c3ccccc3c(=O)c1=2. The van der Waals surface area contributed by atoms with Crippen LogP contribution < -0.4 is 27.5 Å². The monoisotopic (exact) mass is 539 g/mol. The molecule has 2 aliphatic carbocycles. The average molecular weight is 540 g/mol. The Morgan fingerprint density at radius 2 is 1.26 bits per heavy atom. The molecule has 39 heavy (non-hydrogen) atoms. The molecule has 0 bridgehead atoms. The van der Waals surface area contributed by atoms with E-state index in [1.54, 1.807) is 24.3 Å². The van der Waals surface area contributed by atoms with Crippen molar-refractivity contribution in [2.24, 2.45) is 10.9 Å². The quantitative estimate of drug-likeness (QED) is 0.150. The van der Waals surface area contributed by atoms with Crippen LogP contribution in [0.3, 0.4) is 0 Å². The van der Waals surface area contributed by atoms with Crippen molar-refractivity contribution in [1.82, 2.24) is 0 Å². The second-order valence-electron chi connectivity index (χ2n) is 8.82. The molecule has 5 N–H and O–H groups in total. The van der Waals surface area contributed by atoms with Crippen molar-refractivity contribution in [3.63, 3.8) is 0 Å². The highest BCUT2D eigenvalue weighted by molar-refractivity contribution is 7.87. The Labute approximate surface area is 218 Å². The standard InChI is InChI=1S/C28H17N3O7S/c29-17-9-10-18(22-21(17)25(32)13-5-1-2-6-14(13)26(22)33)31-19-11-12-20(39(36,37)38-30)24-23(19)27(34)15-7-3-4-8-16(15)28(24)35/h1-12,29,34-35H,30H2. The van der Waals surface area contributed by atoms with Crippen molar-refractivity contribution in [1.29, 1.82) is 5.41 Å². The fourth-order valence-electron chi connectivity index (χ4n) is 4.99. The summed E-state index contributed by atoms with van der Waals surface area (Å²) < 4.78 is 29.5. The number of fused-ring (bicyclic) bond motifs is 3. The van der Waals surface area contributed by atoms with Gasteiger partial charge in [-0.25, -0.2) is 4.99 Å². The number of aromatic hydroxyl groups is 2. The Bertz CT molecular complexity index is 2430. The van der Waals surface area contributed by atoms with E-state index in [4.69, 9.17) is 11.3 Å². The molecule has 4 aromatic rings. The van der Waals surface area contributed by atoms with Crippen molar-refractivity contribution in [3.05, 3.63) is 114 Å². The van der Waals surface area contributed by atoms with Gasteiger partial charge in [0.05, 0.1) is 37.6 Å². The fourth-order valence-corrected chi connectivity index (χ4v) is 5.78. The van der Waals surface area contributed by atoms with Crippen LogP contribution >= 0.6 is 0 Å². The average Bonchev–Trinajstić information content (AvgIpc) is 2.95. The minimum atomic E-state index is -4.55. The van der Waals surface area contributed by atoms with E-state index in [0.29, 0.717) is 0 Å². The summed E-state index contributed by atoms with van der Waals surface area (Å²) in [6.45, 7) is 0. The maximum atomic E-state index is 13.5. The molecule has 0 heterocycles. The highest BCUT2D eigenvalue weighted by Gasteiger charge is 2.25. The molecule has 0 aliphatic heterocycles. The normalized spacial score (nSPS) is 12.7. The maximum Gasteiger partial charge on any atom is 0.313 e. The van der Waals surface area contributed by atoms with Crippen molar-refractivity contribution in [3.8, 4) is 11.5 Å². The van der Waals surface area contributed by atoms with Gasteiger partial charge in [0.15, 0.2) is 10.9 Å². The van der Waals surface area contributed by atoms with Gasteiger partial charge >= 0.3 is 10.1 Å². The van der Waals surface area contributed by atoms with E-state index in [0.717, 1.165) is 6.07 Å². The molecule has 6 rings (SSSR count). The summed E-state index contributed by atoms with van der Waals surface area (Å²) in [5.74, 6) is 4.16. The Morgan fingerprint density at radius 3 is 1.85 bits per heavy atom. The predicted molar refractivity (Wildman–Crippen MR) is 142 cm³/mol. The van der Waals surface area contributed by atoms with Crippen LogP contribution in [0.25, 0.3) is 32.3 Å². The lowest BCUT2D eigenvalue weighted by Crippen LogP contribution is -2.28. The zero-order chi connectivity index (χ0) is 27.6.